The number of allylic oxidation sites excluding steroid dienone is 3. The standard InChI is InChI=1S/C27H20Br2N4O/c28-19-8-6-17(7-9-19)25-21(14-30)27(31)33(24-11-10-20(29)15-32-24)22-12-18(13-23(34)26(22)25)16-4-2-1-3-5-16/h1-11,15,18,25H,12-13,31H2/t18-,25-/m1/s1. The number of anilines is 1. The molecule has 3 aromatic rings. The third kappa shape index (κ3) is 3.97. The van der Waals surface area contributed by atoms with Gasteiger partial charge in [0, 0.05) is 32.8 Å². The molecule has 2 atom stereocenters. The second-order valence-electron chi connectivity index (χ2n) is 8.36. The molecule has 2 heterocycles. The summed E-state index contributed by atoms with van der Waals surface area (Å²) in [5.41, 5.74) is 10.4. The first kappa shape index (κ1) is 22.6. The molecule has 7 heteroatoms. The molecule has 2 aliphatic rings. The quantitative estimate of drug-likeness (QED) is 0.396. The summed E-state index contributed by atoms with van der Waals surface area (Å²) < 4.78 is 1.76. The van der Waals surface area contributed by atoms with E-state index in [4.69, 9.17) is 5.73 Å². The van der Waals surface area contributed by atoms with E-state index in [1.54, 1.807) is 11.1 Å². The monoisotopic (exact) mass is 574 g/mol. The van der Waals surface area contributed by atoms with E-state index in [1.807, 2.05) is 54.6 Å². The number of Topliss-reactive ketones (excluding diaryl/α,β-unsaturated/α-hetero) is 1. The number of nitriles is 1. The van der Waals surface area contributed by atoms with Gasteiger partial charge in [-0.2, -0.15) is 5.26 Å². The molecular weight excluding hydrogens is 556 g/mol. The second-order valence-corrected chi connectivity index (χ2v) is 10.2. The van der Waals surface area contributed by atoms with E-state index in [1.165, 1.54) is 0 Å². The highest BCUT2D eigenvalue weighted by Crippen LogP contribution is 2.48. The van der Waals surface area contributed by atoms with E-state index >= 15 is 0 Å². The second kappa shape index (κ2) is 9.21. The molecule has 1 aliphatic heterocycles. The number of hydrogen-bond acceptors (Lipinski definition) is 5. The largest absolute Gasteiger partial charge is 0.384 e. The number of carbonyl (C=O) groups is 1. The molecule has 1 aliphatic carbocycles. The topological polar surface area (TPSA) is 83.0 Å². The van der Waals surface area contributed by atoms with Crippen molar-refractivity contribution in [3.05, 3.63) is 116 Å². The Hall–Kier alpha value is -3.21. The van der Waals surface area contributed by atoms with Gasteiger partial charge in [0.2, 0.25) is 0 Å². The minimum atomic E-state index is -0.510. The number of aromatic nitrogens is 1. The molecule has 0 fully saturated rings. The van der Waals surface area contributed by atoms with Crippen LogP contribution < -0.4 is 10.6 Å². The smallest absolute Gasteiger partial charge is 0.162 e. The highest BCUT2D eigenvalue weighted by atomic mass is 79.9. The first-order chi connectivity index (χ1) is 16.5. The molecule has 0 amide bonds. The SMILES string of the molecule is N#CC1=C(N)N(c2ccc(Br)cn2)C2=C(C(=O)C[C@H](c3ccccc3)C2)[C@@H]1c1ccc(Br)cc1. The predicted molar refractivity (Wildman–Crippen MR) is 139 cm³/mol. The summed E-state index contributed by atoms with van der Waals surface area (Å²) in [4.78, 5) is 20.1. The van der Waals surface area contributed by atoms with E-state index in [-0.39, 0.29) is 11.7 Å². The van der Waals surface area contributed by atoms with E-state index in [0.29, 0.717) is 35.6 Å². The lowest BCUT2D eigenvalue weighted by molar-refractivity contribution is -0.116. The van der Waals surface area contributed by atoms with Crippen LogP contribution in [0.2, 0.25) is 0 Å². The maximum atomic E-state index is 13.8. The van der Waals surface area contributed by atoms with Crippen molar-refractivity contribution in [1.29, 1.82) is 5.26 Å². The van der Waals surface area contributed by atoms with Crippen LogP contribution in [0, 0.1) is 11.3 Å². The number of benzene rings is 2. The van der Waals surface area contributed by atoms with Crippen LogP contribution in [0.1, 0.15) is 35.8 Å². The summed E-state index contributed by atoms with van der Waals surface area (Å²) in [5.74, 6) is 0.434. The molecule has 0 saturated heterocycles. The van der Waals surface area contributed by atoms with Gasteiger partial charge in [-0.25, -0.2) is 4.98 Å². The van der Waals surface area contributed by atoms with Crippen molar-refractivity contribution in [2.45, 2.75) is 24.7 Å². The first-order valence-corrected chi connectivity index (χ1v) is 12.4. The fourth-order valence-electron chi connectivity index (χ4n) is 4.84. The van der Waals surface area contributed by atoms with Crippen molar-refractivity contribution in [3.8, 4) is 6.07 Å². The number of carbonyl (C=O) groups excluding carboxylic acids is 1. The Morgan fingerprint density at radius 2 is 1.65 bits per heavy atom. The van der Waals surface area contributed by atoms with Crippen LogP contribution in [0.25, 0.3) is 0 Å². The summed E-state index contributed by atoms with van der Waals surface area (Å²) in [5, 5.41) is 10.2. The van der Waals surface area contributed by atoms with Crippen molar-refractivity contribution < 1.29 is 4.79 Å². The summed E-state index contributed by atoms with van der Waals surface area (Å²) in [6.07, 6.45) is 2.69. The maximum absolute atomic E-state index is 13.8. The van der Waals surface area contributed by atoms with Gasteiger partial charge in [0.15, 0.2) is 5.78 Å². The zero-order valence-electron chi connectivity index (χ0n) is 18.1. The van der Waals surface area contributed by atoms with E-state index < -0.39 is 5.92 Å². The summed E-state index contributed by atoms with van der Waals surface area (Å²) >= 11 is 6.90. The predicted octanol–water partition coefficient (Wildman–Crippen LogP) is 6.31. The summed E-state index contributed by atoms with van der Waals surface area (Å²) in [6.45, 7) is 0. The van der Waals surface area contributed by atoms with Crippen LogP contribution in [0.3, 0.4) is 0 Å². The molecule has 2 N–H and O–H groups in total. The minimum Gasteiger partial charge on any atom is -0.384 e. The van der Waals surface area contributed by atoms with Crippen molar-refractivity contribution in [1.82, 2.24) is 4.98 Å². The number of rotatable bonds is 3. The summed E-state index contributed by atoms with van der Waals surface area (Å²) in [6, 6.07) is 23.8. The molecule has 0 spiro atoms. The molecule has 0 bridgehead atoms. The average molecular weight is 576 g/mol. The molecule has 0 radical (unpaired) electrons. The highest BCUT2D eigenvalue weighted by molar-refractivity contribution is 9.10. The van der Waals surface area contributed by atoms with Crippen LogP contribution in [0.4, 0.5) is 5.82 Å². The Bertz CT molecular complexity index is 1360. The number of halogens is 2. The van der Waals surface area contributed by atoms with E-state index in [0.717, 1.165) is 25.8 Å². The lowest BCUT2D eigenvalue weighted by atomic mass is 9.72. The van der Waals surface area contributed by atoms with Crippen molar-refractivity contribution >= 4 is 43.5 Å². The number of nitrogens with two attached hydrogens (primary N) is 1. The summed E-state index contributed by atoms with van der Waals surface area (Å²) in [7, 11) is 0. The zero-order valence-corrected chi connectivity index (χ0v) is 21.3. The fraction of sp³-hybridized carbons (Fsp3) is 0.148. The van der Waals surface area contributed by atoms with Gasteiger partial charge in [-0.05, 0) is 63.7 Å². The van der Waals surface area contributed by atoms with Crippen molar-refractivity contribution in [2.75, 3.05) is 4.90 Å². The Balaban J connectivity index is 1.72. The Kier molecular flexibility index (Phi) is 6.11. The van der Waals surface area contributed by atoms with Crippen molar-refractivity contribution in [3.63, 3.8) is 0 Å². The van der Waals surface area contributed by atoms with Gasteiger partial charge in [0.05, 0.1) is 17.6 Å². The van der Waals surface area contributed by atoms with Gasteiger partial charge >= 0.3 is 0 Å². The Morgan fingerprint density at radius 3 is 2.29 bits per heavy atom. The van der Waals surface area contributed by atoms with Crippen LogP contribution in [0.5, 0.6) is 0 Å². The Labute approximate surface area is 214 Å². The third-order valence-electron chi connectivity index (χ3n) is 6.38. The first-order valence-electron chi connectivity index (χ1n) is 10.9. The van der Waals surface area contributed by atoms with Gasteiger partial charge in [-0.3, -0.25) is 9.69 Å². The van der Waals surface area contributed by atoms with Crippen LogP contribution in [0.15, 0.2) is 105 Å². The number of nitrogens with zero attached hydrogens (tertiary/aromatic N) is 3. The van der Waals surface area contributed by atoms with E-state index in [2.05, 4.69) is 55.0 Å². The van der Waals surface area contributed by atoms with Gasteiger partial charge < -0.3 is 5.73 Å². The molecule has 1 aromatic heterocycles. The van der Waals surface area contributed by atoms with Crippen molar-refractivity contribution in [2.24, 2.45) is 5.73 Å². The van der Waals surface area contributed by atoms with Gasteiger partial charge in [0.25, 0.3) is 0 Å². The minimum absolute atomic E-state index is 0.0207. The number of pyridine rings is 1. The lowest BCUT2D eigenvalue weighted by Gasteiger charge is -2.41. The lowest BCUT2D eigenvalue weighted by Crippen LogP contribution is -2.40. The molecule has 5 nitrogen and oxygen atoms in total. The van der Waals surface area contributed by atoms with Crippen LogP contribution in [-0.2, 0) is 4.79 Å². The zero-order chi connectivity index (χ0) is 23.8. The van der Waals surface area contributed by atoms with Crippen LogP contribution in [-0.4, -0.2) is 10.8 Å². The molecule has 2 aromatic carbocycles. The molecule has 0 saturated carbocycles. The van der Waals surface area contributed by atoms with Gasteiger partial charge in [0.1, 0.15) is 11.6 Å². The van der Waals surface area contributed by atoms with E-state index in [9.17, 15) is 10.1 Å². The molecule has 168 valence electrons. The number of ketones is 1. The van der Waals surface area contributed by atoms with Gasteiger partial charge in [-0.1, -0.05) is 58.4 Å². The highest BCUT2D eigenvalue weighted by Gasteiger charge is 2.43. The van der Waals surface area contributed by atoms with Crippen LogP contribution >= 0.6 is 31.9 Å². The average Bonchev–Trinajstić information content (AvgIpc) is 2.85. The van der Waals surface area contributed by atoms with Gasteiger partial charge in [-0.15, -0.1) is 0 Å². The fourth-order valence-corrected chi connectivity index (χ4v) is 5.34. The molecular formula is C27H20Br2N4O. The molecule has 5 rings (SSSR count). The normalized spacial score (nSPS) is 20.3. The number of hydrogen-bond donors (Lipinski definition) is 1. The third-order valence-corrected chi connectivity index (χ3v) is 7.38. The molecule has 0 unspecified atom stereocenters. The molecule has 34 heavy (non-hydrogen) atoms. The Morgan fingerprint density at radius 1 is 0.941 bits per heavy atom. The maximum Gasteiger partial charge on any atom is 0.162 e.